The molecule has 0 saturated heterocycles. The quantitative estimate of drug-likeness (QED) is 0.595. The molecule has 0 atom stereocenters. The van der Waals surface area contributed by atoms with Gasteiger partial charge in [0.2, 0.25) is 0 Å². The molecule has 1 aromatic heterocycles. The van der Waals surface area contributed by atoms with Gasteiger partial charge in [-0.25, -0.2) is 4.98 Å². The average Bonchev–Trinajstić information content (AvgIpc) is 2.42. The molecule has 0 amide bonds. The van der Waals surface area contributed by atoms with E-state index in [1.54, 1.807) is 0 Å². The van der Waals surface area contributed by atoms with Gasteiger partial charge in [0.05, 0.1) is 18.7 Å². The number of likely N-dealkylation sites (N-methyl/N-ethyl adjacent to an activating group) is 1. The van der Waals surface area contributed by atoms with Gasteiger partial charge in [-0.3, -0.25) is 0 Å². The number of nitrogens with zero attached hydrogens (tertiary/aromatic N) is 2. The molecule has 0 saturated carbocycles. The zero-order valence-electron chi connectivity index (χ0n) is 12.1. The maximum absolute atomic E-state index is 5.75. The van der Waals surface area contributed by atoms with Gasteiger partial charge in [0.25, 0.3) is 0 Å². The van der Waals surface area contributed by atoms with E-state index in [1.807, 2.05) is 44.4 Å². The van der Waals surface area contributed by atoms with Crippen LogP contribution >= 0.6 is 0 Å². The van der Waals surface area contributed by atoms with Crippen molar-refractivity contribution in [3.8, 4) is 0 Å². The Balaban J connectivity index is 1.80. The van der Waals surface area contributed by atoms with Crippen molar-refractivity contribution in [2.24, 2.45) is 0 Å². The highest BCUT2D eigenvalue weighted by atomic mass is 16.5. The van der Waals surface area contributed by atoms with E-state index in [2.05, 4.69) is 15.2 Å². The van der Waals surface area contributed by atoms with Crippen LogP contribution in [-0.2, 0) is 4.74 Å². The second-order valence-electron chi connectivity index (χ2n) is 4.99. The SMILES string of the molecule is CN(C)CCOCCNc1ccc2cc(N)ccc2n1. The average molecular weight is 274 g/mol. The predicted octanol–water partition coefficient (Wildman–Crippen LogP) is 1.81. The van der Waals surface area contributed by atoms with E-state index < -0.39 is 0 Å². The first kappa shape index (κ1) is 14.6. The van der Waals surface area contributed by atoms with Crippen LogP contribution in [0.5, 0.6) is 0 Å². The number of anilines is 2. The fourth-order valence-electron chi connectivity index (χ4n) is 1.84. The summed E-state index contributed by atoms with van der Waals surface area (Å²) in [6.07, 6.45) is 0. The van der Waals surface area contributed by atoms with Crippen molar-refractivity contribution in [2.45, 2.75) is 0 Å². The highest BCUT2D eigenvalue weighted by Gasteiger charge is 1.98. The number of pyridine rings is 1. The van der Waals surface area contributed by atoms with Crippen LogP contribution in [0.3, 0.4) is 0 Å². The van der Waals surface area contributed by atoms with Gasteiger partial charge in [0, 0.05) is 24.2 Å². The van der Waals surface area contributed by atoms with Gasteiger partial charge in [-0.05, 0) is 44.4 Å². The van der Waals surface area contributed by atoms with Crippen LogP contribution in [0.4, 0.5) is 11.5 Å². The van der Waals surface area contributed by atoms with Crippen molar-refractivity contribution in [3.05, 3.63) is 30.3 Å². The lowest BCUT2D eigenvalue weighted by Crippen LogP contribution is -2.20. The van der Waals surface area contributed by atoms with Crippen molar-refractivity contribution in [1.82, 2.24) is 9.88 Å². The predicted molar refractivity (Wildman–Crippen MR) is 84.0 cm³/mol. The number of hydrogen-bond acceptors (Lipinski definition) is 5. The molecule has 20 heavy (non-hydrogen) atoms. The Bertz CT molecular complexity index is 557. The van der Waals surface area contributed by atoms with Crippen LogP contribution in [-0.4, -0.2) is 50.3 Å². The summed E-state index contributed by atoms with van der Waals surface area (Å²) in [6, 6.07) is 9.71. The lowest BCUT2D eigenvalue weighted by Gasteiger charge is -2.10. The Morgan fingerprint density at radius 3 is 2.85 bits per heavy atom. The van der Waals surface area contributed by atoms with E-state index in [0.29, 0.717) is 6.61 Å². The van der Waals surface area contributed by atoms with Crippen LogP contribution < -0.4 is 11.1 Å². The van der Waals surface area contributed by atoms with Crippen molar-refractivity contribution < 1.29 is 4.74 Å². The van der Waals surface area contributed by atoms with Crippen LogP contribution in [0.2, 0.25) is 0 Å². The molecule has 0 aliphatic rings. The molecule has 2 rings (SSSR count). The number of fused-ring (bicyclic) bond motifs is 1. The fourth-order valence-corrected chi connectivity index (χ4v) is 1.84. The molecule has 0 unspecified atom stereocenters. The summed E-state index contributed by atoms with van der Waals surface area (Å²) in [5.74, 6) is 0.860. The third-order valence-electron chi connectivity index (χ3n) is 2.95. The maximum Gasteiger partial charge on any atom is 0.126 e. The summed E-state index contributed by atoms with van der Waals surface area (Å²) in [5, 5.41) is 4.31. The molecule has 108 valence electrons. The Morgan fingerprint density at radius 1 is 1.20 bits per heavy atom. The minimum absolute atomic E-state index is 0.676. The van der Waals surface area contributed by atoms with Gasteiger partial charge in [-0.15, -0.1) is 0 Å². The van der Waals surface area contributed by atoms with E-state index in [1.165, 1.54) is 0 Å². The first-order chi connectivity index (χ1) is 9.65. The molecule has 3 N–H and O–H groups in total. The molecule has 1 aromatic carbocycles. The first-order valence-electron chi connectivity index (χ1n) is 6.78. The topological polar surface area (TPSA) is 63.4 Å². The summed E-state index contributed by atoms with van der Waals surface area (Å²) in [7, 11) is 4.07. The molecule has 2 aromatic rings. The van der Waals surface area contributed by atoms with Gasteiger partial charge in [-0.1, -0.05) is 0 Å². The highest BCUT2D eigenvalue weighted by Crippen LogP contribution is 2.17. The van der Waals surface area contributed by atoms with Crippen molar-refractivity contribution in [1.29, 1.82) is 0 Å². The molecule has 0 spiro atoms. The minimum atomic E-state index is 0.676. The van der Waals surface area contributed by atoms with Crippen LogP contribution in [0.1, 0.15) is 0 Å². The Morgan fingerprint density at radius 2 is 2.05 bits per heavy atom. The molecule has 0 radical (unpaired) electrons. The second-order valence-corrected chi connectivity index (χ2v) is 4.99. The standard InChI is InChI=1S/C15H22N4O/c1-19(2)8-10-20-9-7-17-15-6-3-12-11-13(16)4-5-14(12)18-15/h3-6,11H,7-10,16H2,1-2H3,(H,17,18). The van der Waals surface area contributed by atoms with E-state index in [-0.39, 0.29) is 0 Å². The van der Waals surface area contributed by atoms with Gasteiger partial charge in [0.15, 0.2) is 0 Å². The molecular formula is C15H22N4O. The van der Waals surface area contributed by atoms with E-state index in [0.717, 1.165) is 42.1 Å². The fraction of sp³-hybridized carbons (Fsp3) is 0.400. The molecule has 0 aliphatic carbocycles. The molecule has 0 fully saturated rings. The summed E-state index contributed by atoms with van der Waals surface area (Å²) in [5.41, 5.74) is 7.45. The normalized spacial score (nSPS) is 11.2. The number of aromatic nitrogens is 1. The van der Waals surface area contributed by atoms with E-state index in [9.17, 15) is 0 Å². The largest absolute Gasteiger partial charge is 0.399 e. The van der Waals surface area contributed by atoms with Crippen LogP contribution in [0, 0.1) is 0 Å². The third kappa shape index (κ3) is 4.36. The summed E-state index contributed by atoms with van der Waals surface area (Å²) >= 11 is 0. The molecule has 0 aliphatic heterocycles. The Kier molecular flexibility index (Phi) is 5.15. The zero-order valence-corrected chi connectivity index (χ0v) is 12.1. The lowest BCUT2D eigenvalue weighted by atomic mass is 10.2. The highest BCUT2D eigenvalue weighted by molar-refractivity contribution is 5.83. The smallest absolute Gasteiger partial charge is 0.126 e. The molecular weight excluding hydrogens is 252 g/mol. The first-order valence-corrected chi connectivity index (χ1v) is 6.78. The van der Waals surface area contributed by atoms with Crippen molar-refractivity contribution in [3.63, 3.8) is 0 Å². The van der Waals surface area contributed by atoms with Gasteiger partial charge in [0.1, 0.15) is 5.82 Å². The summed E-state index contributed by atoms with van der Waals surface area (Å²) in [6.45, 7) is 3.12. The Labute approximate surface area is 119 Å². The number of nitrogens with one attached hydrogen (secondary N) is 1. The number of nitrogens with two attached hydrogens (primary N) is 1. The number of rotatable bonds is 7. The molecule has 5 heteroatoms. The van der Waals surface area contributed by atoms with Crippen molar-refractivity contribution >= 4 is 22.4 Å². The summed E-state index contributed by atoms with van der Waals surface area (Å²) in [4.78, 5) is 6.63. The van der Waals surface area contributed by atoms with Crippen LogP contribution in [0.25, 0.3) is 10.9 Å². The summed E-state index contributed by atoms with van der Waals surface area (Å²) < 4.78 is 5.52. The molecule has 1 heterocycles. The number of ether oxygens (including phenoxy) is 1. The second kappa shape index (κ2) is 7.07. The number of hydrogen-bond donors (Lipinski definition) is 2. The third-order valence-corrected chi connectivity index (χ3v) is 2.95. The van der Waals surface area contributed by atoms with E-state index in [4.69, 9.17) is 10.5 Å². The monoisotopic (exact) mass is 274 g/mol. The minimum Gasteiger partial charge on any atom is -0.399 e. The zero-order chi connectivity index (χ0) is 14.4. The van der Waals surface area contributed by atoms with E-state index >= 15 is 0 Å². The molecule has 5 nitrogen and oxygen atoms in total. The van der Waals surface area contributed by atoms with Gasteiger partial charge < -0.3 is 20.7 Å². The maximum atomic E-state index is 5.75. The van der Waals surface area contributed by atoms with Crippen LogP contribution in [0.15, 0.2) is 30.3 Å². The molecule has 0 bridgehead atoms. The van der Waals surface area contributed by atoms with Gasteiger partial charge >= 0.3 is 0 Å². The van der Waals surface area contributed by atoms with Gasteiger partial charge in [-0.2, -0.15) is 0 Å². The number of nitrogen functional groups attached to an aromatic ring is 1. The van der Waals surface area contributed by atoms with Crippen molar-refractivity contribution in [2.75, 3.05) is 51.4 Å². The Hall–Kier alpha value is -1.85. The number of benzene rings is 1. The lowest BCUT2D eigenvalue weighted by molar-refractivity contribution is 0.126.